The maximum atomic E-state index is 13.5. The van der Waals surface area contributed by atoms with Crippen LogP contribution in [0.1, 0.15) is 35.6 Å². The van der Waals surface area contributed by atoms with E-state index >= 15 is 0 Å². The van der Waals surface area contributed by atoms with Crippen LogP contribution in [0.15, 0.2) is 54.6 Å². The van der Waals surface area contributed by atoms with Crippen LogP contribution >= 0.6 is 0 Å². The Hall–Kier alpha value is -2.10. The van der Waals surface area contributed by atoms with Crippen molar-refractivity contribution in [1.29, 1.82) is 0 Å². The summed E-state index contributed by atoms with van der Waals surface area (Å²) in [5.74, 6) is -1.26. The van der Waals surface area contributed by atoms with Gasteiger partial charge in [-0.1, -0.05) is 61.9 Å². The molecule has 0 aliphatic heterocycles. The highest BCUT2D eigenvalue weighted by atomic mass is 19.4. The van der Waals surface area contributed by atoms with Crippen LogP contribution in [0.4, 0.5) is 17.6 Å². The number of rotatable bonds is 6. The first-order chi connectivity index (χ1) is 11.4. The number of hydrogen-bond acceptors (Lipinski definition) is 0. The number of halogens is 4. The van der Waals surface area contributed by atoms with Gasteiger partial charge in [-0.25, -0.2) is 4.39 Å². The summed E-state index contributed by atoms with van der Waals surface area (Å²) in [5.41, 5.74) is 3.44. The Morgan fingerprint density at radius 2 is 1.21 bits per heavy atom. The van der Waals surface area contributed by atoms with Crippen LogP contribution < -0.4 is 0 Å². The van der Waals surface area contributed by atoms with Crippen molar-refractivity contribution >= 4 is 5.83 Å². The largest absolute Gasteiger partial charge is 0.412 e. The van der Waals surface area contributed by atoms with Gasteiger partial charge < -0.3 is 0 Å². The first-order valence-electron chi connectivity index (χ1n) is 7.99. The molecule has 0 unspecified atom stereocenters. The fourth-order valence-electron chi connectivity index (χ4n) is 2.51. The van der Waals surface area contributed by atoms with Crippen LogP contribution in [0.3, 0.4) is 0 Å². The van der Waals surface area contributed by atoms with Gasteiger partial charge in [0.15, 0.2) is 0 Å². The second kappa shape index (κ2) is 8.13. The van der Waals surface area contributed by atoms with Crippen LogP contribution in [-0.4, -0.2) is 6.18 Å². The molecular formula is C20H20F4. The lowest BCUT2D eigenvalue weighted by Crippen LogP contribution is -2.02. The summed E-state index contributed by atoms with van der Waals surface area (Å²) >= 11 is 0. The lowest BCUT2D eigenvalue weighted by Gasteiger charge is -2.06. The van der Waals surface area contributed by atoms with Crippen molar-refractivity contribution in [3.63, 3.8) is 0 Å². The Bertz CT molecular complexity index is 664. The molecule has 4 heteroatoms. The first-order valence-corrected chi connectivity index (χ1v) is 7.99. The summed E-state index contributed by atoms with van der Waals surface area (Å²) in [5, 5.41) is 0. The van der Waals surface area contributed by atoms with Gasteiger partial charge in [0.05, 0.1) is 6.08 Å². The Morgan fingerprint density at radius 1 is 0.792 bits per heavy atom. The second-order valence-corrected chi connectivity index (χ2v) is 5.80. The molecule has 0 radical (unpaired) electrons. The highest BCUT2D eigenvalue weighted by Gasteiger charge is 2.25. The summed E-state index contributed by atoms with van der Waals surface area (Å²) in [6.45, 7) is 2.14. The van der Waals surface area contributed by atoms with Gasteiger partial charge >= 0.3 is 6.18 Å². The SMILES string of the molecule is CCCc1ccc(CCc2ccc(/C(F)=C/C(F)(F)F)cc2)cc1. The van der Waals surface area contributed by atoms with Gasteiger partial charge in [0.1, 0.15) is 5.83 Å². The lowest BCUT2D eigenvalue weighted by atomic mass is 10.0. The lowest BCUT2D eigenvalue weighted by molar-refractivity contribution is -0.0798. The van der Waals surface area contributed by atoms with Crippen molar-refractivity contribution in [2.45, 2.75) is 38.8 Å². The van der Waals surface area contributed by atoms with Gasteiger partial charge in [0.25, 0.3) is 0 Å². The molecule has 0 atom stereocenters. The van der Waals surface area contributed by atoms with E-state index in [0.717, 1.165) is 31.2 Å². The first kappa shape index (κ1) is 18.2. The van der Waals surface area contributed by atoms with E-state index in [2.05, 4.69) is 31.2 Å². The van der Waals surface area contributed by atoms with E-state index in [9.17, 15) is 17.6 Å². The Labute approximate surface area is 139 Å². The van der Waals surface area contributed by atoms with Gasteiger partial charge in [0.2, 0.25) is 0 Å². The molecular weight excluding hydrogens is 316 g/mol. The normalized spacial score (nSPS) is 12.5. The van der Waals surface area contributed by atoms with Gasteiger partial charge in [0, 0.05) is 5.56 Å². The standard InChI is InChI=1S/C20H20F4/c1-2-3-15-4-6-16(7-5-15)8-9-17-10-12-18(13-11-17)19(21)14-20(22,23)24/h4-7,10-14H,2-3,8-9H2,1H3/b19-14-. The summed E-state index contributed by atoms with van der Waals surface area (Å²) in [6, 6.07) is 14.6. The molecule has 0 saturated heterocycles. The van der Waals surface area contributed by atoms with Gasteiger partial charge in [-0.2, -0.15) is 13.2 Å². The van der Waals surface area contributed by atoms with E-state index in [1.165, 1.54) is 23.3 Å². The maximum absolute atomic E-state index is 13.5. The molecule has 0 aromatic heterocycles. The zero-order chi connectivity index (χ0) is 17.6. The predicted octanol–water partition coefficient (Wildman–Crippen LogP) is 6.30. The topological polar surface area (TPSA) is 0 Å². The Kier molecular flexibility index (Phi) is 6.18. The van der Waals surface area contributed by atoms with Crippen LogP contribution in [0.25, 0.3) is 5.83 Å². The van der Waals surface area contributed by atoms with Crippen molar-refractivity contribution < 1.29 is 17.6 Å². The number of alkyl halides is 3. The van der Waals surface area contributed by atoms with E-state index < -0.39 is 12.0 Å². The zero-order valence-electron chi connectivity index (χ0n) is 13.5. The van der Waals surface area contributed by atoms with Crippen LogP contribution in [0, 0.1) is 0 Å². The predicted molar refractivity (Wildman–Crippen MR) is 89.4 cm³/mol. The van der Waals surface area contributed by atoms with Crippen molar-refractivity contribution in [3.05, 3.63) is 76.9 Å². The molecule has 2 aromatic carbocycles. The van der Waals surface area contributed by atoms with E-state index in [1.807, 2.05) is 0 Å². The molecule has 0 spiro atoms. The average Bonchev–Trinajstić information content (AvgIpc) is 2.53. The molecule has 0 saturated carbocycles. The van der Waals surface area contributed by atoms with E-state index in [1.54, 1.807) is 12.1 Å². The van der Waals surface area contributed by atoms with E-state index in [4.69, 9.17) is 0 Å². The minimum atomic E-state index is -4.65. The van der Waals surface area contributed by atoms with Crippen molar-refractivity contribution in [3.8, 4) is 0 Å². The Balaban J connectivity index is 1.95. The minimum Gasteiger partial charge on any atom is -0.206 e. The summed E-state index contributed by atoms with van der Waals surface area (Å²) in [6.07, 6.45) is -1.18. The molecule has 0 heterocycles. The number of aryl methyl sites for hydroxylation is 3. The molecule has 128 valence electrons. The molecule has 0 fully saturated rings. The average molecular weight is 336 g/mol. The highest BCUT2D eigenvalue weighted by molar-refractivity contribution is 5.59. The van der Waals surface area contributed by atoms with E-state index in [-0.39, 0.29) is 11.6 Å². The maximum Gasteiger partial charge on any atom is 0.412 e. The third kappa shape index (κ3) is 5.84. The highest BCUT2D eigenvalue weighted by Crippen LogP contribution is 2.25. The molecule has 0 nitrogen and oxygen atoms in total. The van der Waals surface area contributed by atoms with Crippen molar-refractivity contribution in [2.24, 2.45) is 0 Å². The van der Waals surface area contributed by atoms with Gasteiger partial charge in [-0.05, 0) is 36.0 Å². The van der Waals surface area contributed by atoms with Gasteiger partial charge in [-0.3, -0.25) is 0 Å². The molecule has 2 aromatic rings. The summed E-state index contributed by atoms with van der Waals surface area (Å²) in [7, 11) is 0. The number of benzene rings is 2. The quantitative estimate of drug-likeness (QED) is 0.543. The number of allylic oxidation sites excluding steroid dienone is 1. The van der Waals surface area contributed by atoms with E-state index in [0.29, 0.717) is 0 Å². The molecule has 2 rings (SSSR count). The summed E-state index contributed by atoms with van der Waals surface area (Å²) in [4.78, 5) is 0. The van der Waals surface area contributed by atoms with Crippen LogP contribution in [-0.2, 0) is 19.3 Å². The van der Waals surface area contributed by atoms with Gasteiger partial charge in [-0.15, -0.1) is 0 Å². The summed E-state index contributed by atoms with van der Waals surface area (Å²) < 4.78 is 49.9. The zero-order valence-corrected chi connectivity index (χ0v) is 13.5. The third-order valence-corrected chi connectivity index (χ3v) is 3.78. The minimum absolute atomic E-state index is 0.0556. The number of hydrogen-bond donors (Lipinski definition) is 0. The third-order valence-electron chi connectivity index (χ3n) is 3.78. The smallest absolute Gasteiger partial charge is 0.206 e. The molecule has 0 aliphatic rings. The molecule has 24 heavy (non-hydrogen) atoms. The fourth-order valence-corrected chi connectivity index (χ4v) is 2.51. The molecule has 0 amide bonds. The fraction of sp³-hybridized carbons (Fsp3) is 0.300. The van der Waals surface area contributed by atoms with Crippen LogP contribution in [0.5, 0.6) is 0 Å². The Morgan fingerprint density at radius 3 is 1.62 bits per heavy atom. The second-order valence-electron chi connectivity index (χ2n) is 5.80. The monoisotopic (exact) mass is 336 g/mol. The molecule has 0 aliphatic carbocycles. The molecule has 0 N–H and O–H groups in total. The van der Waals surface area contributed by atoms with Crippen LogP contribution in [0.2, 0.25) is 0 Å². The van der Waals surface area contributed by atoms with Crippen molar-refractivity contribution in [1.82, 2.24) is 0 Å². The molecule has 0 bridgehead atoms. The van der Waals surface area contributed by atoms with Crippen molar-refractivity contribution in [2.75, 3.05) is 0 Å².